The van der Waals surface area contributed by atoms with Crippen molar-refractivity contribution in [3.63, 3.8) is 0 Å². The lowest BCUT2D eigenvalue weighted by Crippen LogP contribution is -1.96. The van der Waals surface area contributed by atoms with E-state index in [1.807, 2.05) is 24.3 Å². The number of para-hydroxylation sites is 2. The third-order valence-electron chi connectivity index (χ3n) is 9.28. The minimum absolute atomic E-state index is 0.823. The number of aryl methyl sites for hydroxylation is 2. The topological polar surface area (TPSA) is 19.1 Å². The standard InChI is InChI=1S/C44H32N2O/c1-29-17-21-35(22-18-29)47-36-23-19-31(20-24-36)32-10-8-12-34(28-32)46-40-15-5-3-13-37(40)38-25-26-42-43(44(38)46)39-14-4-6-16-41(39)45(42)33-11-7-9-30(2)27-33/h3-28H,1-2H3. The van der Waals surface area contributed by atoms with Gasteiger partial charge in [-0.2, -0.15) is 0 Å². The monoisotopic (exact) mass is 604 g/mol. The van der Waals surface area contributed by atoms with Crippen molar-refractivity contribution in [1.82, 2.24) is 9.13 Å². The molecule has 0 radical (unpaired) electrons. The van der Waals surface area contributed by atoms with E-state index < -0.39 is 0 Å². The quantitative estimate of drug-likeness (QED) is 0.191. The zero-order valence-electron chi connectivity index (χ0n) is 26.3. The van der Waals surface area contributed by atoms with Crippen LogP contribution < -0.4 is 4.74 Å². The van der Waals surface area contributed by atoms with E-state index in [2.05, 4.69) is 156 Å². The van der Waals surface area contributed by atoms with Gasteiger partial charge in [-0.25, -0.2) is 0 Å². The highest BCUT2D eigenvalue weighted by molar-refractivity contribution is 6.26. The van der Waals surface area contributed by atoms with Gasteiger partial charge in [-0.3, -0.25) is 0 Å². The van der Waals surface area contributed by atoms with E-state index in [1.165, 1.54) is 60.4 Å². The first-order chi connectivity index (χ1) is 23.1. The second-order valence-electron chi connectivity index (χ2n) is 12.4. The molecule has 0 unspecified atom stereocenters. The van der Waals surface area contributed by atoms with Gasteiger partial charge in [0.1, 0.15) is 11.5 Å². The minimum Gasteiger partial charge on any atom is -0.457 e. The Kier molecular flexibility index (Phi) is 6.26. The summed E-state index contributed by atoms with van der Waals surface area (Å²) in [5.41, 5.74) is 11.9. The number of hydrogen-bond donors (Lipinski definition) is 0. The average Bonchev–Trinajstić information content (AvgIpc) is 3.63. The summed E-state index contributed by atoms with van der Waals surface area (Å²) in [5, 5.41) is 5.01. The zero-order valence-corrected chi connectivity index (χ0v) is 26.3. The van der Waals surface area contributed by atoms with Crippen molar-refractivity contribution in [2.45, 2.75) is 13.8 Å². The van der Waals surface area contributed by atoms with E-state index in [9.17, 15) is 0 Å². The van der Waals surface area contributed by atoms with Crippen molar-refractivity contribution in [2.24, 2.45) is 0 Å². The molecule has 2 heterocycles. The van der Waals surface area contributed by atoms with Crippen molar-refractivity contribution < 1.29 is 4.74 Å². The predicted octanol–water partition coefficient (Wildman–Crippen LogP) is 12.0. The molecule has 0 saturated carbocycles. The molecule has 0 aliphatic heterocycles. The van der Waals surface area contributed by atoms with Gasteiger partial charge in [0.25, 0.3) is 0 Å². The molecule has 7 aromatic carbocycles. The highest BCUT2D eigenvalue weighted by Crippen LogP contribution is 2.42. The minimum atomic E-state index is 0.823. The highest BCUT2D eigenvalue weighted by atomic mass is 16.5. The molecule has 0 bridgehead atoms. The maximum Gasteiger partial charge on any atom is 0.127 e. The lowest BCUT2D eigenvalue weighted by Gasteiger charge is -2.12. The van der Waals surface area contributed by atoms with Crippen LogP contribution in [0, 0.1) is 13.8 Å². The van der Waals surface area contributed by atoms with Crippen LogP contribution in [0.5, 0.6) is 11.5 Å². The van der Waals surface area contributed by atoms with Crippen LogP contribution in [0.3, 0.4) is 0 Å². The number of nitrogens with zero attached hydrogens (tertiary/aromatic N) is 2. The van der Waals surface area contributed by atoms with Crippen LogP contribution in [0.4, 0.5) is 0 Å². The first kappa shape index (κ1) is 27.3. The average molecular weight is 605 g/mol. The first-order valence-corrected chi connectivity index (χ1v) is 16.1. The van der Waals surface area contributed by atoms with Crippen molar-refractivity contribution in [3.05, 3.63) is 169 Å². The molecule has 9 aromatic rings. The fourth-order valence-corrected chi connectivity index (χ4v) is 7.10. The first-order valence-electron chi connectivity index (χ1n) is 16.1. The van der Waals surface area contributed by atoms with E-state index in [0.29, 0.717) is 0 Å². The molecule has 9 rings (SSSR count). The normalized spacial score (nSPS) is 11.6. The van der Waals surface area contributed by atoms with Crippen molar-refractivity contribution in [1.29, 1.82) is 0 Å². The van der Waals surface area contributed by atoms with Gasteiger partial charge >= 0.3 is 0 Å². The van der Waals surface area contributed by atoms with Crippen molar-refractivity contribution in [3.8, 4) is 34.0 Å². The van der Waals surface area contributed by atoms with Crippen LogP contribution in [-0.4, -0.2) is 9.13 Å². The molecular weight excluding hydrogens is 572 g/mol. The van der Waals surface area contributed by atoms with Gasteiger partial charge < -0.3 is 13.9 Å². The highest BCUT2D eigenvalue weighted by Gasteiger charge is 2.20. The summed E-state index contributed by atoms with van der Waals surface area (Å²) in [6.45, 7) is 4.24. The Bertz CT molecular complexity index is 2600. The summed E-state index contributed by atoms with van der Waals surface area (Å²) in [7, 11) is 0. The SMILES string of the molecule is Cc1ccc(Oc2ccc(-c3cccc(-n4c5ccccc5c5ccc6c(c7ccccc7n6-c6cccc(C)c6)c54)c3)cc2)cc1. The van der Waals surface area contributed by atoms with Gasteiger partial charge in [-0.05, 0) is 97.3 Å². The van der Waals surface area contributed by atoms with Gasteiger partial charge in [0, 0.05) is 32.9 Å². The summed E-state index contributed by atoms with van der Waals surface area (Å²) >= 11 is 0. The summed E-state index contributed by atoms with van der Waals surface area (Å²) in [4.78, 5) is 0. The van der Waals surface area contributed by atoms with Crippen LogP contribution in [0.15, 0.2) is 158 Å². The molecule has 224 valence electrons. The van der Waals surface area contributed by atoms with E-state index >= 15 is 0 Å². The molecular formula is C44H32N2O. The number of hydrogen-bond acceptors (Lipinski definition) is 1. The Labute approximate surface area is 273 Å². The third kappa shape index (κ3) is 4.51. The lowest BCUT2D eigenvalue weighted by molar-refractivity contribution is 0.482. The Balaban J connectivity index is 1.24. The second kappa shape index (κ2) is 10.8. The van der Waals surface area contributed by atoms with Crippen LogP contribution in [0.25, 0.3) is 66.1 Å². The molecule has 0 fully saturated rings. The smallest absolute Gasteiger partial charge is 0.127 e. The molecule has 3 heteroatoms. The third-order valence-corrected chi connectivity index (χ3v) is 9.28. The van der Waals surface area contributed by atoms with Crippen molar-refractivity contribution in [2.75, 3.05) is 0 Å². The summed E-state index contributed by atoms with van der Waals surface area (Å²) < 4.78 is 11.0. The molecule has 2 aromatic heterocycles. The molecule has 3 nitrogen and oxygen atoms in total. The fraction of sp³-hybridized carbons (Fsp3) is 0.0455. The number of aromatic nitrogens is 2. The Morgan fingerprint density at radius 3 is 1.79 bits per heavy atom. The Morgan fingerprint density at radius 1 is 0.404 bits per heavy atom. The van der Waals surface area contributed by atoms with Crippen LogP contribution in [0.2, 0.25) is 0 Å². The Hall–Kier alpha value is -6.06. The molecule has 0 spiro atoms. The lowest BCUT2D eigenvalue weighted by atomic mass is 10.0. The van der Waals surface area contributed by atoms with Gasteiger partial charge in [0.2, 0.25) is 0 Å². The second-order valence-corrected chi connectivity index (χ2v) is 12.4. The van der Waals surface area contributed by atoms with Crippen LogP contribution >= 0.6 is 0 Å². The number of benzene rings is 7. The largest absolute Gasteiger partial charge is 0.457 e. The molecule has 0 atom stereocenters. The zero-order chi connectivity index (χ0) is 31.5. The van der Waals surface area contributed by atoms with Crippen LogP contribution in [0.1, 0.15) is 11.1 Å². The Morgan fingerprint density at radius 2 is 1.04 bits per heavy atom. The van der Waals surface area contributed by atoms with Gasteiger partial charge in [0.15, 0.2) is 0 Å². The summed E-state index contributed by atoms with van der Waals surface area (Å²) in [6, 6.07) is 56.4. The fourth-order valence-electron chi connectivity index (χ4n) is 7.10. The van der Waals surface area contributed by atoms with E-state index in [-0.39, 0.29) is 0 Å². The predicted molar refractivity (Wildman–Crippen MR) is 197 cm³/mol. The van der Waals surface area contributed by atoms with Gasteiger partial charge in [-0.1, -0.05) is 96.6 Å². The molecule has 47 heavy (non-hydrogen) atoms. The number of rotatable bonds is 5. The number of ether oxygens (including phenoxy) is 1. The maximum absolute atomic E-state index is 6.11. The molecule has 0 amide bonds. The molecule has 0 N–H and O–H groups in total. The van der Waals surface area contributed by atoms with E-state index in [1.54, 1.807) is 0 Å². The molecule has 0 saturated heterocycles. The summed E-state index contributed by atoms with van der Waals surface area (Å²) in [6.07, 6.45) is 0. The van der Waals surface area contributed by atoms with Gasteiger partial charge in [0.05, 0.1) is 22.1 Å². The van der Waals surface area contributed by atoms with Crippen LogP contribution in [-0.2, 0) is 0 Å². The summed E-state index contributed by atoms with van der Waals surface area (Å²) in [5.74, 6) is 1.66. The molecule has 0 aliphatic rings. The molecule has 0 aliphatic carbocycles. The maximum atomic E-state index is 6.11. The van der Waals surface area contributed by atoms with E-state index in [0.717, 1.165) is 28.3 Å². The van der Waals surface area contributed by atoms with Gasteiger partial charge in [-0.15, -0.1) is 0 Å². The van der Waals surface area contributed by atoms with E-state index in [4.69, 9.17) is 4.74 Å². The number of fused-ring (bicyclic) bond motifs is 7. The van der Waals surface area contributed by atoms with Crippen molar-refractivity contribution >= 4 is 43.6 Å².